The number of para-hydroxylation sites is 2. The van der Waals surface area contributed by atoms with E-state index in [9.17, 15) is 0 Å². The van der Waals surface area contributed by atoms with Gasteiger partial charge in [-0.2, -0.15) is 0 Å². The summed E-state index contributed by atoms with van der Waals surface area (Å²) in [6.07, 6.45) is 1.79. The van der Waals surface area contributed by atoms with Gasteiger partial charge in [0.05, 0.1) is 22.4 Å². The first-order valence-electron chi connectivity index (χ1n) is 20.9. The van der Waals surface area contributed by atoms with E-state index in [2.05, 4.69) is 153 Å². The van der Waals surface area contributed by atoms with Gasteiger partial charge in [0.15, 0.2) is 11.2 Å². The van der Waals surface area contributed by atoms with E-state index < -0.39 is 0 Å². The summed E-state index contributed by atoms with van der Waals surface area (Å²) in [7, 11) is 0. The first-order valence-corrected chi connectivity index (χ1v) is 20.9. The molecule has 11 rings (SSSR count). The Labute approximate surface area is 375 Å². The van der Waals surface area contributed by atoms with Crippen LogP contribution in [-0.2, 0) is 20.1 Å². The maximum atomic E-state index is 6.84. The summed E-state index contributed by atoms with van der Waals surface area (Å²) >= 11 is 0. The molecule has 6 heteroatoms. The topological polar surface area (TPSA) is 57.0 Å². The molecule has 11 aromatic rings. The van der Waals surface area contributed by atoms with Crippen molar-refractivity contribution in [3.8, 4) is 50.8 Å². The Bertz CT molecular complexity index is 3230. The van der Waals surface area contributed by atoms with Gasteiger partial charge >= 0.3 is 0 Å². The molecule has 0 amide bonds. The quantitative estimate of drug-likeness (QED) is 0.149. The van der Waals surface area contributed by atoms with Crippen LogP contribution >= 0.6 is 0 Å². The molecule has 4 heterocycles. The standard InChI is InChI=1S/C45H35N2O2.C11H8N.Ir/c1-27(2)36-24-32(29-14-7-5-8-15-29)25-37(28(3)4)41(36)47-39-21-12-11-20-38(39)46-45(47)35-19-13-18-33-34-23-22-31-26-40(30-16-9-6-10-17-30)48-42(31)44(34)49-43(33)35;1-2-6-10(7-3-1)11-8-4-5-9-12-11;/h5-18,20-28H,1-4H3;1-6,8-9H;/q2*-1;. The fourth-order valence-electron chi connectivity index (χ4n) is 8.32. The zero-order valence-electron chi connectivity index (χ0n) is 34.9. The van der Waals surface area contributed by atoms with E-state index in [4.69, 9.17) is 13.8 Å². The minimum absolute atomic E-state index is 0. The number of hydrogen-bond acceptors (Lipinski definition) is 4. The molecule has 0 saturated carbocycles. The molecule has 0 unspecified atom stereocenters. The van der Waals surface area contributed by atoms with Crippen LogP contribution in [0, 0.1) is 12.1 Å². The number of nitrogens with zero attached hydrogens (tertiary/aromatic N) is 3. The third-order valence-corrected chi connectivity index (χ3v) is 11.3. The normalized spacial score (nSPS) is 11.4. The zero-order valence-corrected chi connectivity index (χ0v) is 37.3. The van der Waals surface area contributed by atoms with E-state index in [1.165, 1.54) is 27.9 Å². The number of benzene rings is 7. The second-order valence-corrected chi connectivity index (χ2v) is 16.0. The molecule has 4 aromatic heterocycles. The molecule has 0 atom stereocenters. The maximum Gasteiger partial charge on any atom is 0.176 e. The third kappa shape index (κ3) is 7.47. The van der Waals surface area contributed by atoms with E-state index in [-0.39, 0.29) is 31.9 Å². The van der Waals surface area contributed by atoms with Crippen molar-refractivity contribution in [3.05, 3.63) is 199 Å². The summed E-state index contributed by atoms with van der Waals surface area (Å²) in [5.74, 6) is 2.16. The molecular weight excluding hydrogens is 939 g/mol. The van der Waals surface area contributed by atoms with E-state index in [0.717, 1.165) is 77.9 Å². The smallest absolute Gasteiger partial charge is 0.176 e. The van der Waals surface area contributed by atoms with Gasteiger partial charge in [0.2, 0.25) is 0 Å². The Morgan fingerprint density at radius 1 is 0.548 bits per heavy atom. The number of hydrogen-bond donors (Lipinski definition) is 0. The summed E-state index contributed by atoms with van der Waals surface area (Å²) in [5.41, 5.74) is 14.2. The molecule has 0 fully saturated rings. The summed E-state index contributed by atoms with van der Waals surface area (Å²) in [5, 5.41) is 3.02. The first kappa shape index (κ1) is 40.5. The van der Waals surface area contributed by atoms with Crippen molar-refractivity contribution < 1.29 is 28.9 Å². The molecule has 62 heavy (non-hydrogen) atoms. The van der Waals surface area contributed by atoms with Gasteiger partial charge in [0.25, 0.3) is 0 Å². The number of furan rings is 2. The van der Waals surface area contributed by atoms with Crippen molar-refractivity contribution >= 4 is 43.9 Å². The number of imidazole rings is 1. The second-order valence-electron chi connectivity index (χ2n) is 16.0. The predicted molar refractivity (Wildman–Crippen MR) is 250 cm³/mol. The van der Waals surface area contributed by atoms with Crippen LogP contribution < -0.4 is 0 Å². The third-order valence-electron chi connectivity index (χ3n) is 11.3. The van der Waals surface area contributed by atoms with Crippen LogP contribution in [0.2, 0.25) is 0 Å². The molecule has 0 aliphatic heterocycles. The van der Waals surface area contributed by atoms with E-state index in [0.29, 0.717) is 0 Å². The van der Waals surface area contributed by atoms with Gasteiger partial charge in [0, 0.05) is 48.3 Å². The van der Waals surface area contributed by atoms with Crippen LogP contribution in [0.25, 0.3) is 94.7 Å². The Kier molecular flexibility index (Phi) is 11.3. The van der Waals surface area contributed by atoms with Crippen molar-refractivity contribution in [1.29, 1.82) is 0 Å². The van der Waals surface area contributed by atoms with Crippen LogP contribution in [0.15, 0.2) is 185 Å². The van der Waals surface area contributed by atoms with Crippen LogP contribution in [0.1, 0.15) is 50.7 Å². The Morgan fingerprint density at radius 2 is 1.23 bits per heavy atom. The molecule has 0 saturated heterocycles. The molecule has 0 aliphatic carbocycles. The van der Waals surface area contributed by atoms with Gasteiger partial charge < -0.3 is 18.4 Å². The van der Waals surface area contributed by atoms with Gasteiger partial charge in [-0.15, -0.1) is 54.1 Å². The van der Waals surface area contributed by atoms with Crippen molar-refractivity contribution in [2.45, 2.75) is 39.5 Å². The van der Waals surface area contributed by atoms with E-state index in [1.54, 1.807) is 6.20 Å². The minimum Gasteiger partial charge on any atom is -0.497 e. The Morgan fingerprint density at radius 3 is 1.92 bits per heavy atom. The summed E-state index contributed by atoms with van der Waals surface area (Å²) in [6, 6.07) is 64.8. The molecule has 0 spiro atoms. The fraction of sp³-hybridized carbons (Fsp3) is 0.107. The Balaban J connectivity index is 0.000000325. The van der Waals surface area contributed by atoms with Gasteiger partial charge in [-0.3, -0.25) is 4.98 Å². The van der Waals surface area contributed by atoms with Crippen LogP contribution in [0.4, 0.5) is 0 Å². The molecule has 1 radical (unpaired) electrons. The Hall–Kier alpha value is -6.85. The zero-order chi connectivity index (χ0) is 41.5. The average Bonchev–Trinajstić information content (AvgIpc) is 4.04. The SMILES string of the molecule is CC(C)c1cc(-c2ccccc2)cc(C(C)C)c1-n1c(-c2[c-]ccc3c2oc2c3ccc3cc(-c4ccccc4)oc32)nc2ccccc21.[Ir].[c-]1ccccc1-c1ccccn1. The van der Waals surface area contributed by atoms with Crippen molar-refractivity contribution in [2.24, 2.45) is 0 Å². The molecule has 5 nitrogen and oxygen atoms in total. The minimum atomic E-state index is 0. The number of rotatable bonds is 7. The fourth-order valence-corrected chi connectivity index (χ4v) is 8.32. The van der Waals surface area contributed by atoms with Gasteiger partial charge in [-0.25, -0.2) is 0 Å². The van der Waals surface area contributed by atoms with E-state index in [1.807, 2.05) is 66.7 Å². The molecule has 0 aliphatic rings. The second kappa shape index (κ2) is 17.3. The van der Waals surface area contributed by atoms with Gasteiger partial charge in [-0.1, -0.05) is 136 Å². The first-order chi connectivity index (χ1) is 29.9. The van der Waals surface area contributed by atoms with Gasteiger partial charge in [0.1, 0.15) is 5.76 Å². The van der Waals surface area contributed by atoms with Crippen LogP contribution in [-0.4, -0.2) is 14.5 Å². The summed E-state index contributed by atoms with van der Waals surface area (Å²) in [4.78, 5) is 9.53. The largest absolute Gasteiger partial charge is 0.497 e. The van der Waals surface area contributed by atoms with Gasteiger partial charge in [-0.05, 0) is 76.2 Å². The van der Waals surface area contributed by atoms with E-state index >= 15 is 0 Å². The molecule has 305 valence electrons. The van der Waals surface area contributed by atoms with Crippen LogP contribution in [0.5, 0.6) is 0 Å². The number of fused-ring (bicyclic) bond motifs is 6. The van der Waals surface area contributed by atoms with Crippen molar-refractivity contribution in [1.82, 2.24) is 14.5 Å². The van der Waals surface area contributed by atoms with Crippen LogP contribution in [0.3, 0.4) is 0 Å². The predicted octanol–water partition coefficient (Wildman–Crippen LogP) is 15.3. The molecule has 7 aromatic carbocycles. The molecule has 0 bridgehead atoms. The number of pyridine rings is 1. The molecular formula is C56H43IrN3O2-2. The average molecular weight is 982 g/mol. The monoisotopic (exact) mass is 982 g/mol. The van der Waals surface area contributed by atoms with Crippen molar-refractivity contribution in [3.63, 3.8) is 0 Å². The maximum absolute atomic E-state index is 6.84. The number of aromatic nitrogens is 3. The van der Waals surface area contributed by atoms with Crippen molar-refractivity contribution in [2.75, 3.05) is 0 Å². The summed E-state index contributed by atoms with van der Waals surface area (Å²) < 4.78 is 15.7. The molecule has 0 N–H and O–H groups in total. The summed E-state index contributed by atoms with van der Waals surface area (Å²) in [6.45, 7) is 9.11.